The van der Waals surface area contributed by atoms with Gasteiger partial charge in [-0.2, -0.15) is 0 Å². The molecule has 0 bridgehead atoms. The van der Waals surface area contributed by atoms with Crippen LogP contribution in [0.3, 0.4) is 0 Å². The minimum absolute atomic E-state index is 0.0194. The smallest absolute Gasteiger partial charge is 0.306 e. The summed E-state index contributed by atoms with van der Waals surface area (Å²) in [6.45, 7) is 0. The second-order valence-corrected chi connectivity index (χ2v) is 5.92. The number of carboxylic acid groups (broad SMARTS) is 1. The van der Waals surface area contributed by atoms with Crippen LogP contribution < -0.4 is 10.2 Å². The van der Waals surface area contributed by atoms with E-state index in [9.17, 15) is 14.0 Å². The first kappa shape index (κ1) is 16.3. The van der Waals surface area contributed by atoms with Crippen molar-refractivity contribution < 1.29 is 19.1 Å². The molecule has 2 N–H and O–H groups in total. The highest BCUT2D eigenvalue weighted by Crippen LogP contribution is 2.25. The lowest BCUT2D eigenvalue weighted by Gasteiger charge is -2.27. The SMILES string of the molecule is CN(C)c1ccc(C(=O)NC2CCC(C(=O)O)CC2)c(F)c1. The minimum Gasteiger partial charge on any atom is -0.481 e. The molecule has 0 spiro atoms. The van der Waals surface area contributed by atoms with Crippen LogP contribution in [0.25, 0.3) is 0 Å². The molecule has 120 valence electrons. The largest absolute Gasteiger partial charge is 0.481 e. The lowest BCUT2D eigenvalue weighted by molar-refractivity contribution is -0.142. The number of nitrogens with zero attached hydrogens (tertiary/aromatic N) is 1. The zero-order valence-electron chi connectivity index (χ0n) is 12.8. The topological polar surface area (TPSA) is 69.6 Å². The monoisotopic (exact) mass is 308 g/mol. The lowest BCUT2D eigenvalue weighted by Crippen LogP contribution is -2.39. The van der Waals surface area contributed by atoms with Gasteiger partial charge in [0.15, 0.2) is 0 Å². The van der Waals surface area contributed by atoms with E-state index >= 15 is 0 Å². The van der Waals surface area contributed by atoms with Crippen molar-refractivity contribution in [2.24, 2.45) is 5.92 Å². The Kier molecular flexibility index (Phi) is 5.00. The Balaban J connectivity index is 1.97. The van der Waals surface area contributed by atoms with E-state index in [0.717, 1.165) is 0 Å². The minimum atomic E-state index is -0.782. The predicted molar refractivity (Wildman–Crippen MR) is 81.6 cm³/mol. The molecule has 6 heteroatoms. The van der Waals surface area contributed by atoms with Gasteiger partial charge in [-0.1, -0.05) is 0 Å². The third-order valence-corrected chi connectivity index (χ3v) is 4.13. The number of anilines is 1. The van der Waals surface area contributed by atoms with E-state index in [2.05, 4.69) is 5.32 Å². The molecule has 1 aromatic carbocycles. The highest BCUT2D eigenvalue weighted by atomic mass is 19.1. The summed E-state index contributed by atoms with van der Waals surface area (Å²) in [5, 5.41) is 11.7. The molecule has 1 amide bonds. The molecule has 0 aliphatic heterocycles. The van der Waals surface area contributed by atoms with E-state index in [4.69, 9.17) is 5.11 Å². The molecule has 2 rings (SSSR count). The molecule has 1 aliphatic rings. The molecular weight excluding hydrogens is 287 g/mol. The van der Waals surface area contributed by atoms with Crippen molar-refractivity contribution in [3.63, 3.8) is 0 Å². The summed E-state index contributed by atoms with van der Waals surface area (Å²) in [6, 6.07) is 4.41. The second-order valence-electron chi connectivity index (χ2n) is 5.92. The quantitative estimate of drug-likeness (QED) is 0.895. The zero-order valence-corrected chi connectivity index (χ0v) is 12.8. The first-order valence-electron chi connectivity index (χ1n) is 7.39. The van der Waals surface area contributed by atoms with Crippen LogP contribution in [-0.2, 0) is 4.79 Å². The van der Waals surface area contributed by atoms with Crippen molar-refractivity contribution in [1.82, 2.24) is 5.32 Å². The van der Waals surface area contributed by atoms with Crippen LogP contribution in [0.5, 0.6) is 0 Å². The van der Waals surface area contributed by atoms with Gasteiger partial charge in [0.1, 0.15) is 5.82 Å². The molecule has 1 aliphatic carbocycles. The van der Waals surface area contributed by atoms with Gasteiger partial charge in [0.2, 0.25) is 0 Å². The Labute approximate surface area is 129 Å². The number of carbonyl (C=O) groups is 2. The van der Waals surface area contributed by atoms with E-state index < -0.39 is 17.7 Å². The van der Waals surface area contributed by atoms with Gasteiger partial charge in [-0.05, 0) is 43.9 Å². The van der Waals surface area contributed by atoms with Gasteiger partial charge >= 0.3 is 5.97 Å². The summed E-state index contributed by atoms with van der Waals surface area (Å²) in [4.78, 5) is 24.8. The van der Waals surface area contributed by atoms with Gasteiger partial charge in [0.05, 0.1) is 11.5 Å². The van der Waals surface area contributed by atoms with Gasteiger partial charge < -0.3 is 15.3 Å². The molecule has 0 radical (unpaired) electrons. The summed E-state index contributed by atoms with van der Waals surface area (Å²) < 4.78 is 14.0. The van der Waals surface area contributed by atoms with Crippen molar-refractivity contribution >= 4 is 17.6 Å². The number of amides is 1. The van der Waals surface area contributed by atoms with Gasteiger partial charge in [0.25, 0.3) is 5.91 Å². The third-order valence-electron chi connectivity index (χ3n) is 4.13. The number of hydrogen-bond donors (Lipinski definition) is 2. The molecule has 0 heterocycles. The molecule has 1 aromatic rings. The number of rotatable bonds is 4. The maximum Gasteiger partial charge on any atom is 0.306 e. The van der Waals surface area contributed by atoms with E-state index in [1.54, 1.807) is 25.1 Å². The Morgan fingerprint density at radius 1 is 1.23 bits per heavy atom. The van der Waals surface area contributed by atoms with Gasteiger partial charge in [-0.3, -0.25) is 9.59 Å². The standard InChI is InChI=1S/C16H21FN2O3/c1-19(2)12-7-8-13(14(17)9-12)15(20)18-11-5-3-10(4-6-11)16(21)22/h7-11H,3-6H2,1-2H3,(H,18,20)(H,21,22). The molecule has 5 nitrogen and oxygen atoms in total. The summed E-state index contributed by atoms with van der Waals surface area (Å²) >= 11 is 0. The normalized spacial score (nSPS) is 21.2. The number of aliphatic carboxylic acids is 1. The highest BCUT2D eigenvalue weighted by molar-refractivity contribution is 5.95. The Hall–Kier alpha value is -2.11. The molecule has 0 unspecified atom stereocenters. The number of nitrogens with one attached hydrogen (secondary N) is 1. The fraction of sp³-hybridized carbons (Fsp3) is 0.500. The Bertz CT molecular complexity index is 567. The van der Waals surface area contributed by atoms with Crippen LogP contribution in [0, 0.1) is 11.7 Å². The maximum atomic E-state index is 14.0. The molecule has 0 saturated heterocycles. The number of carbonyl (C=O) groups excluding carboxylic acids is 1. The van der Waals surface area contributed by atoms with Crippen molar-refractivity contribution in [3.8, 4) is 0 Å². The fourth-order valence-corrected chi connectivity index (χ4v) is 2.71. The molecular formula is C16H21FN2O3. The molecule has 1 fully saturated rings. The number of halogens is 1. The van der Waals surface area contributed by atoms with Crippen molar-refractivity contribution in [3.05, 3.63) is 29.6 Å². The number of carboxylic acids is 1. The van der Waals surface area contributed by atoms with Gasteiger partial charge in [-0.15, -0.1) is 0 Å². The van der Waals surface area contributed by atoms with Crippen molar-refractivity contribution in [2.45, 2.75) is 31.7 Å². The van der Waals surface area contributed by atoms with Crippen LogP contribution in [0.4, 0.5) is 10.1 Å². The van der Waals surface area contributed by atoms with Crippen LogP contribution in [0.15, 0.2) is 18.2 Å². The first-order valence-corrected chi connectivity index (χ1v) is 7.39. The average Bonchev–Trinajstić information content (AvgIpc) is 2.47. The van der Waals surface area contributed by atoms with Crippen LogP contribution in [0.2, 0.25) is 0 Å². The van der Waals surface area contributed by atoms with Gasteiger partial charge in [-0.25, -0.2) is 4.39 Å². The van der Waals surface area contributed by atoms with Gasteiger partial charge in [0, 0.05) is 25.8 Å². The van der Waals surface area contributed by atoms with E-state index in [0.29, 0.717) is 31.4 Å². The van der Waals surface area contributed by atoms with Crippen LogP contribution in [0.1, 0.15) is 36.0 Å². The highest BCUT2D eigenvalue weighted by Gasteiger charge is 2.27. The van der Waals surface area contributed by atoms with Crippen LogP contribution in [-0.4, -0.2) is 37.1 Å². The average molecular weight is 308 g/mol. The molecule has 22 heavy (non-hydrogen) atoms. The molecule has 1 saturated carbocycles. The predicted octanol–water partition coefficient (Wildman–Crippen LogP) is 2.26. The van der Waals surface area contributed by atoms with E-state index in [1.165, 1.54) is 12.1 Å². The third kappa shape index (κ3) is 3.75. The summed E-state index contributed by atoms with van der Waals surface area (Å²) in [7, 11) is 3.60. The van der Waals surface area contributed by atoms with Crippen molar-refractivity contribution in [1.29, 1.82) is 0 Å². The summed E-state index contributed by atoms with van der Waals surface area (Å²) in [6.07, 6.45) is 2.31. The van der Waals surface area contributed by atoms with E-state index in [-0.39, 0.29) is 17.5 Å². The number of hydrogen-bond acceptors (Lipinski definition) is 3. The van der Waals surface area contributed by atoms with Crippen LogP contribution >= 0.6 is 0 Å². The summed E-state index contributed by atoms with van der Waals surface area (Å²) in [5.74, 6) is -2.11. The Morgan fingerprint density at radius 2 is 1.86 bits per heavy atom. The van der Waals surface area contributed by atoms with Crippen molar-refractivity contribution in [2.75, 3.05) is 19.0 Å². The number of benzene rings is 1. The summed E-state index contributed by atoms with van der Waals surface area (Å²) in [5.41, 5.74) is 0.710. The molecule has 0 aromatic heterocycles. The maximum absolute atomic E-state index is 14.0. The first-order chi connectivity index (χ1) is 10.4. The lowest BCUT2D eigenvalue weighted by atomic mass is 9.86. The van der Waals surface area contributed by atoms with E-state index in [1.807, 2.05) is 0 Å². The Morgan fingerprint density at radius 3 is 2.36 bits per heavy atom. The zero-order chi connectivity index (χ0) is 16.3. The fourth-order valence-electron chi connectivity index (χ4n) is 2.71. The molecule has 0 atom stereocenters. The second kappa shape index (κ2) is 6.77.